The van der Waals surface area contributed by atoms with Crippen LogP contribution in [-0.2, 0) is 19.7 Å². The molecule has 0 aromatic carbocycles. The molecule has 0 bridgehead atoms. The lowest BCUT2D eigenvalue weighted by atomic mass is 9.84. The van der Waals surface area contributed by atoms with Crippen molar-refractivity contribution in [2.75, 3.05) is 0 Å². The van der Waals surface area contributed by atoms with Crippen LogP contribution in [0.5, 0.6) is 0 Å². The van der Waals surface area contributed by atoms with E-state index in [2.05, 4.69) is 13.8 Å². The summed E-state index contributed by atoms with van der Waals surface area (Å²) in [6.45, 7) is 8.76. The number of ether oxygens (including phenoxy) is 1. The third kappa shape index (κ3) is 4.54. The normalized spacial score (nSPS) is 13.1. The van der Waals surface area contributed by atoms with E-state index >= 15 is 0 Å². The molecule has 1 aromatic heterocycles. The van der Waals surface area contributed by atoms with E-state index in [1.165, 1.54) is 13.8 Å². The smallest absolute Gasteiger partial charge is 0.303 e. The molecule has 0 aliphatic rings. The second-order valence-electron chi connectivity index (χ2n) is 5.54. The maximum absolute atomic E-state index is 11.4. The maximum Gasteiger partial charge on any atom is 0.303 e. The van der Waals surface area contributed by atoms with Gasteiger partial charge >= 0.3 is 5.97 Å². The first-order valence-electron chi connectivity index (χ1n) is 6.47. The van der Waals surface area contributed by atoms with Gasteiger partial charge in [-0.3, -0.25) is 9.59 Å². The van der Waals surface area contributed by atoms with Gasteiger partial charge in [0.15, 0.2) is 11.9 Å². The Kier molecular flexibility index (Phi) is 4.92. The monoisotopic (exact) mass is 266 g/mol. The van der Waals surface area contributed by atoms with E-state index in [4.69, 9.17) is 9.15 Å². The summed E-state index contributed by atoms with van der Waals surface area (Å²) in [6.07, 6.45) is 0.548. The molecule has 4 heteroatoms. The number of hydrogen-bond acceptors (Lipinski definition) is 4. The molecule has 1 atom stereocenters. The first-order chi connectivity index (χ1) is 8.72. The highest BCUT2D eigenvalue weighted by atomic mass is 16.5. The van der Waals surface area contributed by atoms with Crippen molar-refractivity contribution >= 4 is 11.8 Å². The Labute approximate surface area is 114 Å². The van der Waals surface area contributed by atoms with Crippen molar-refractivity contribution in [2.45, 2.75) is 59.0 Å². The molecule has 1 unspecified atom stereocenters. The molecule has 0 fully saturated rings. The second kappa shape index (κ2) is 6.04. The summed E-state index contributed by atoms with van der Waals surface area (Å²) in [7, 11) is 0. The number of Topliss-reactive ketones (excluding diaryl/α,β-unsaturated/α-hetero) is 1. The van der Waals surface area contributed by atoms with Crippen LogP contribution in [0.2, 0.25) is 0 Å². The molecule has 19 heavy (non-hydrogen) atoms. The lowest BCUT2D eigenvalue weighted by Crippen LogP contribution is -2.27. The minimum Gasteiger partial charge on any atom is -0.466 e. The van der Waals surface area contributed by atoms with Crippen LogP contribution in [0.25, 0.3) is 0 Å². The molecule has 0 saturated carbocycles. The van der Waals surface area contributed by atoms with Gasteiger partial charge in [-0.15, -0.1) is 0 Å². The Morgan fingerprint density at radius 1 is 1.32 bits per heavy atom. The standard InChI is InChI=1S/C15H22O4/c1-10-6-7-14(18-10)15(4,5)9-8-13(11(2)16)19-12(3)17/h6-7,13H,8-9H2,1-5H3. The maximum atomic E-state index is 11.4. The van der Waals surface area contributed by atoms with Crippen LogP contribution in [0.1, 0.15) is 52.1 Å². The van der Waals surface area contributed by atoms with Gasteiger partial charge in [0.1, 0.15) is 11.5 Å². The zero-order valence-corrected chi connectivity index (χ0v) is 12.3. The summed E-state index contributed by atoms with van der Waals surface area (Å²) < 4.78 is 10.7. The van der Waals surface area contributed by atoms with Crippen molar-refractivity contribution in [1.29, 1.82) is 0 Å². The lowest BCUT2D eigenvalue weighted by Gasteiger charge is -2.24. The van der Waals surface area contributed by atoms with Crippen molar-refractivity contribution in [3.8, 4) is 0 Å². The van der Waals surface area contributed by atoms with E-state index in [9.17, 15) is 9.59 Å². The Hall–Kier alpha value is -1.58. The van der Waals surface area contributed by atoms with Gasteiger partial charge in [-0.25, -0.2) is 0 Å². The molecular formula is C15H22O4. The van der Waals surface area contributed by atoms with Gasteiger partial charge in [-0.1, -0.05) is 13.8 Å². The van der Waals surface area contributed by atoms with E-state index < -0.39 is 12.1 Å². The van der Waals surface area contributed by atoms with Gasteiger partial charge in [0.05, 0.1) is 0 Å². The molecule has 0 spiro atoms. The summed E-state index contributed by atoms with van der Waals surface area (Å²) >= 11 is 0. The number of rotatable bonds is 6. The SMILES string of the molecule is CC(=O)OC(CCC(C)(C)c1ccc(C)o1)C(C)=O. The summed E-state index contributed by atoms with van der Waals surface area (Å²) in [5.74, 6) is 1.20. The molecule has 0 aliphatic heterocycles. The number of esters is 1. The molecule has 106 valence electrons. The summed E-state index contributed by atoms with van der Waals surface area (Å²) in [5.41, 5.74) is -0.192. The van der Waals surface area contributed by atoms with Crippen LogP contribution in [-0.4, -0.2) is 17.9 Å². The fraction of sp³-hybridized carbons (Fsp3) is 0.600. The summed E-state index contributed by atoms with van der Waals surface area (Å²) in [5, 5.41) is 0. The van der Waals surface area contributed by atoms with Gasteiger partial charge in [0.2, 0.25) is 0 Å². The lowest BCUT2D eigenvalue weighted by molar-refractivity contribution is -0.152. The van der Waals surface area contributed by atoms with Crippen molar-refractivity contribution in [3.63, 3.8) is 0 Å². The third-order valence-electron chi connectivity index (χ3n) is 3.20. The Balaban J connectivity index is 2.67. The first kappa shape index (κ1) is 15.5. The average Bonchev–Trinajstić information content (AvgIpc) is 2.71. The molecule has 0 N–H and O–H groups in total. The minimum atomic E-state index is -0.659. The van der Waals surface area contributed by atoms with E-state index in [1.807, 2.05) is 19.1 Å². The molecule has 0 saturated heterocycles. The first-order valence-corrected chi connectivity index (χ1v) is 6.47. The predicted octanol–water partition coefficient (Wildman–Crippen LogP) is 3.17. The summed E-state index contributed by atoms with van der Waals surface area (Å²) in [6, 6.07) is 3.87. The van der Waals surface area contributed by atoms with Crippen molar-refractivity contribution in [1.82, 2.24) is 0 Å². The van der Waals surface area contributed by atoms with Crippen LogP contribution in [0.4, 0.5) is 0 Å². The zero-order chi connectivity index (χ0) is 14.6. The highest BCUT2D eigenvalue weighted by Crippen LogP contribution is 2.30. The van der Waals surface area contributed by atoms with Crippen LogP contribution in [0.3, 0.4) is 0 Å². The fourth-order valence-corrected chi connectivity index (χ4v) is 1.96. The summed E-state index contributed by atoms with van der Waals surface area (Å²) in [4.78, 5) is 22.4. The fourth-order valence-electron chi connectivity index (χ4n) is 1.96. The van der Waals surface area contributed by atoms with Gasteiger partial charge < -0.3 is 9.15 Å². The van der Waals surface area contributed by atoms with Crippen LogP contribution < -0.4 is 0 Å². The Morgan fingerprint density at radius 3 is 2.37 bits per heavy atom. The highest BCUT2D eigenvalue weighted by molar-refractivity contribution is 5.83. The topological polar surface area (TPSA) is 56.5 Å². The van der Waals surface area contributed by atoms with E-state index in [0.29, 0.717) is 12.8 Å². The Bertz CT molecular complexity index is 456. The number of hydrogen-bond donors (Lipinski definition) is 0. The highest BCUT2D eigenvalue weighted by Gasteiger charge is 2.27. The largest absolute Gasteiger partial charge is 0.466 e. The van der Waals surface area contributed by atoms with Crippen LogP contribution in [0, 0.1) is 6.92 Å². The third-order valence-corrected chi connectivity index (χ3v) is 3.20. The number of furan rings is 1. The molecule has 0 amide bonds. The minimum absolute atomic E-state index is 0.123. The van der Waals surface area contributed by atoms with Crippen molar-refractivity contribution in [3.05, 3.63) is 23.7 Å². The number of carbonyl (C=O) groups is 2. The Morgan fingerprint density at radius 2 is 1.95 bits per heavy atom. The molecule has 4 nitrogen and oxygen atoms in total. The van der Waals surface area contributed by atoms with Crippen LogP contribution in [0.15, 0.2) is 16.5 Å². The van der Waals surface area contributed by atoms with E-state index in [-0.39, 0.29) is 11.2 Å². The number of aryl methyl sites for hydroxylation is 1. The predicted molar refractivity (Wildman–Crippen MR) is 71.9 cm³/mol. The molecule has 0 aliphatic carbocycles. The molecule has 1 aromatic rings. The van der Waals surface area contributed by atoms with Crippen molar-refractivity contribution < 1.29 is 18.7 Å². The molecule has 0 radical (unpaired) electrons. The van der Waals surface area contributed by atoms with E-state index in [0.717, 1.165) is 11.5 Å². The van der Waals surface area contributed by atoms with Gasteiger partial charge in [-0.05, 0) is 38.8 Å². The quantitative estimate of drug-likeness (QED) is 0.742. The second-order valence-corrected chi connectivity index (χ2v) is 5.54. The molecule has 1 rings (SSSR count). The zero-order valence-electron chi connectivity index (χ0n) is 12.3. The molecular weight excluding hydrogens is 244 g/mol. The molecule has 1 heterocycles. The van der Waals surface area contributed by atoms with Crippen LogP contribution >= 0.6 is 0 Å². The van der Waals surface area contributed by atoms with Gasteiger partial charge in [0.25, 0.3) is 0 Å². The van der Waals surface area contributed by atoms with E-state index in [1.54, 1.807) is 0 Å². The number of ketones is 1. The number of carbonyl (C=O) groups excluding carboxylic acids is 2. The van der Waals surface area contributed by atoms with Gasteiger partial charge in [-0.2, -0.15) is 0 Å². The van der Waals surface area contributed by atoms with Crippen molar-refractivity contribution in [2.24, 2.45) is 0 Å². The average molecular weight is 266 g/mol. The van der Waals surface area contributed by atoms with Gasteiger partial charge in [0, 0.05) is 12.3 Å².